The quantitative estimate of drug-likeness (QED) is 0.0321. The number of allylic oxidation sites excluding steroid dienone is 2. The molecule has 0 aromatic carbocycles. The number of carbonyl (C=O) groups is 2. The number of hydrogen-bond acceptors (Lipinski definition) is 5. The van der Waals surface area contributed by atoms with Gasteiger partial charge in [-0.3, -0.25) is 9.59 Å². The van der Waals surface area contributed by atoms with E-state index in [1.54, 1.807) is 0 Å². The minimum Gasteiger partial charge on any atom is -0.466 e. The summed E-state index contributed by atoms with van der Waals surface area (Å²) in [4.78, 5) is 24.4. The second-order valence-electron chi connectivity index (χ2n) is 21.4. The normalized spacial score (nSPS) is 12.6. The molecule has 6 nitrogen and oxygen atoms in total. The number of hydrogen-bond donors (Lipinski definition) is 3. The number of amides is 1. The standard InChI is InChI=1S/C62H121NO5/c1-3-5-7-9-11-13-14-36-40-44-48-52-56-62(67)68-57-53-49-45-41-37-34-32-30-28-26-24-22-20-18-16-15-17-19-21-23-25-27-29-31-33-35-39-43-47-51-55-61(66)63-59(58-64)60(65)54-50-46-42-38-12-10-8-6-4-2/h16,18,59-60,64-65H,3-15,17,19-58H2,1-2H3,(H,63,66)/b18-16-. The van der Waals surface area contributed by atoms with Crippen LogP contribution in [0.4, 0.5) is 0 Å². The van der Waals surface area contributed by atoms with Crippen LogP contribution in [-0.2, 0) is 14.3 Å². The highest BCUT2D eigenvalue weighted by atomic mass is 16.5. The van der Waals surface area contributed by atoms with Gasteiger partial charge in [-0.25, -0.2) is 0 Å². The van der Waals surface area contributed by atoms with Crippen molar-refractivity contribution in [3.63, 3.8) is 0 Å². The third kappa shape index (κ3) is 53.9. The van der Waals surface area contributed by atoms with Crippen LogP contribution in [0.15, 0.2) is 12.2 Å². The SMILES string of the molecule is CCCCCCCCCCCCCCC(=O)OCCCCCCCCCCCCCC/C=C\CCCCCCCCCCCCCCCCC(=O)NC(CO)C(O)CCCCCCCCCCC. The van der Waals surface area contributed by atoms with Crippen LogP contribution in [0.3, 0.4) is 0 Å². The first-order chi connectivity index (χ1) is 33.5. The Labute approximate surface area is 425 Å². The zero-order chi connectivity index (χ0) is 49.3. The monoisotopic (exact) mass is 960 g/mol. The molecule has 0 spiro atoms. The first-order valence-electron chi connectivity index (χ1n) is 30.9. The van der Waals surface area contributed by atoms with Gasteiger partial charge in [0, 0.05) is 12.8 Å². The fourth-order valence-electron chi connectivity index (χ4n) is 9.81. The molecule has 0 heterocycles. The maximum atomic E-state index is 12.4. The molecule has 404 valence electrons. The van der Waals surface area contributed by atoms with Gasteiger partial charge in [0.1, 0.15) is 0 Å². The van der Waals surface area contributed by atoms with Crippen LogP contribution in [0.2, 0.25) is 0 Å². The van der Waals surface area contributed by atoms with Gasteiger partial charge in [-0.15, -0.1) is 0 Å². The Bertz CT molecular complexity index is 1020. The highest BCUT2D eigenvalue weighted by Crippen LogP contribution is 2.18. The number of rotatable bonds is 58. The Morgan fingerprint density at radius 1 is 0.397 bits per heavy atom. The van der Waals surface area contributed by atoms with E-state index in [2.05, 4.69) is 31.3 Å². The van der Waals surface area contributed by atoms with E-state index in [1.165, 1.54) is 276 Å². The smallest absolute Gasteiger partial charge is 0.305 e. The minimum absolute atomic E-state index is 0.0181. The Kier molecular flexibility index (Phi) is 57.0. The zero-order valence-corrected chi connectivity index (χ0v) is 46.1. The summed E-state index contributed by atoms with van der Waals surface area (Å²) in [5, 5.41) is 23.1. The number of ether oxygens (including phenoxy) is 1. The number of aliphatic hydroxyl groups excluding tert-OH is 2. The van der Waals surface area contributed by atoms with Gasteiger partial charge >= 0.3 is 5.97 Å². The molecule has 0 aliphatic carbocycles. The second kappa shape index (κ2) is 58.2. The molecule has 0 radical (unpaired) electrons. The summed E-state index contributed by atoms with van der Waals surface area (Å²) in [6, 6.07) is -0.537. The summed E-state index contributed by atoms with van der Waals surface area (Å²) >= 11 is 0. The van der Waals surface area contributed by atoms with Crippen LogP contribution in [0.1, 0.15) is 348 Å². The molecule has 0 bridgehead atoms. The number of nitrogens with one attached hydrogen (secondary N) is 1. The van der Waals surface area contributed by atoms with Gasteiger partial charge < -0.3 is 20.3 Å². The van der Waals surface area contributed by atoms with E-state index in [-0.39, 0.29) is 18.5 Å². The van der Waals surface area contributed by atoms with Crippen molar-refractivity contribution in [2.75, 3.05) is 13.2 Å². The second-order valence-corrected chi connectivity index (χ2v) is 21.4. The molecule has 0 aromatic heterocycles. The topological polar surface area (TPSA) is 95.9 Å². The van der Waals surface area contributed by atoms with E-state index in [1.807, 2.05) is 0 Å². The van der Waals surface area contributed by atoms with Gasteiger partial charge in [-0.2, -0.15) is 0 Å². The molecule has 0 rings (SSSR count). The van der Waals surface area contributed by atoms with Crippen LogP contribution in [0.25, 0.3) is 0 Å². The molecule has 0 fully saturated rings. The van der Waals surface area contributed by atoms with Gasteiger partial charge in [0.15, 0.2) is 0 Å². The van der Waals surface area contributed by atoms with Crippen molar-refractivity contribution in [1.29, 1.82) is 0 Å². The molecule has 0 aliphatic rings. The maximum Gasteiger partial charge on any atom is 0.305 e. The van der Waals surface area contributed by atoms with E-state index < -0.39 is 12.1 Å². The highest BCUT2D eigenvalue weighted by Gasteiger charge is 2.20. The molecule has 0 saturated carbocycles. The Morgan fingerprint density at radius 2 is 0.691 bits per heavy atom. The van der Waals surface area contributed by atoms with Gasteiger partial charge in [0.05, 0.1) is 25.4 Å². The molecule has 0 aromatic rings. The zero-order valence-electron chi connectivity index (χ0n) is 46.1. The lowest BCUT2D eigenvalue weighted by molar-refractivity contribution is -0.143. The van der Waals surface area contributed by atoms with E-state index in [0.29, 0.717) is 25.9 Å². The van der Waals surface area contributed by atoms with Crippen molar-refractivity contribution < 1.29 is 24.5 Å². The Hall–Kier alpha value is -1.40. The minimum atomic E-state index is -0.660. The van der Waals surface area contributed by atoms with E-state index in [0.717, 1.165) is 38.5 Å². The molecule has 2 atom stereocenters. The summed E-state index contributed by atoms with van der Waals surface area (Å²) in [5.41, 5.74) is 0. The predicted octanol–water partition coefficient (Wildman–Crippen LogP) is 19.2. The summed E-state index contributed by atoms with van der Waals surface area (Å²) < 4.78 is 5.48. The van der Waals surface area contributed by atoms with Gasteiger partial charge in [-0.05, 0) is 51.4 Å². The van der Waals surface area contributed by atoms with Crippen LogP contribution >= 0.6 is 0 Å². The summed E-state index contributed by atoms with van der Waals surface area (Å²) in [6.07, 6.45) is 69.6. The number of carbonyl (C=O) groups excluding carboxylic acids is 2. The first kappa shape index (κ1) is 66.6. The molecular weight excluding hydrogens is 839 g/mol. The van der Waals surface area contributed by atoms with Gasteiger partial charge in [0.2, 0.25) is 5.91 Å². The lowest BCUT2D eigenvalue weighted by atomic mass is 10.0. The molecule has 3 N–H and O–H groups in total. The van der Waals surface area contributed by atoms with Crippen molar-refractivity contribution in [3.05, 3.63) is 12.2 Å². The van der Waals surface area contributed by atoms with Gasteiger partial charge in [0.25, 0.3) is 0 Å². The number of esters is 1. The summed E-state index contributed by atoms with van der Waals surface area (Å²) in [7, 11) is 0. The largest absolute Gasteiger partial charge is 0.466 e. The highest BCUT2D eigenvalue weighted by molar-refractivity contribution is 5.76. The Balaban J connectivity index is 3.32. The molecule has 0 saturated heterocycles. The maximum absolute atomic E-state index is 12.4. The average molecular weight is 961 g/mol. The molecule has 68 heavy (non-hydrogen) atoms. The molecule has 0 aliphatic heterocycles. The van der Waals surface area contributed by atoms with Crippen molar-refractivity contribution in [2.45, 2.75) is 360 Å². The summed E-state index contributed by atoms with van der Waals surface area (Å²) in [5.74, 6) is -0.0163. The third-order valence-corrected chi connectivity index (χ3v) is 14.6. The van der Waals surface area contributed by atoms with Crippen LogP contribution in [-0.4, -0.2) is 47.4 Å². The van der Waals surface area contributed by atoms with E-state index in [9.17, 15) is 19.8 Å². The van der Waals surface area contributed by atoms with Crippen LogP contribution in [0, 0.1) is 0 Å². The third-order valence-electron chi connectivity index (χ3n) is 14.6. The summed E-state index contributed by atoms with van der Waals surface area (Å²) in [6.45, 7) is 4.95. The van der Waals surface area contributed by atoms with Crippen molar-refractivity contribution in [2.24, 2.45) is 0 Å². The molecule has 2 unspecified atom stereocenters. The van der Waals surface area contributed by atoms with Crippen molar-refractivity contribution in [1.82, 2.24) is 5.32 Å². The van der Waals surface area contributed by atoms with E-state index in [4.69, 9.17) is 4.74 Å². The Morgan fingerprint density at radius 3 is 1.04 bits per heavy atom. The van der Waals surface area contributed by atoms with Gasteiger partial charge in [-0.1, -0.05) is 296 Å². The molecular formula is C62H121NO5. The van der Waals surface area contributed by atoms with Crippen LogP contribution < -0.4 is 5.32 Å². The number of unbranched alkanes of at least 4 members (excludes halogenated alkanes) is 45. The first-order valence-corrected chi connectivity index (χ1v) is 30.9. The fourth-order valence-corrected chi connectivity index (χ4v) is 9.81. The number of aliphatic hydroxyl groups is 2. The molecule has 6 heteroatoms. The lowest BCUT2D eigenvalue weighted by Crippen LogP contribution is -2.45. The van der Waals surface area contributed by atoms with Crippen molar-refractivity contribution >= 4 is 11.9 Å². The van der Waals surface area contributed by atoms with Crippen molar-refractivity contribution in [3.8, 4) is 0 Å². The lowest BCUT2D eigenvalue weighted by Gasteiger charge is -2.22. The average Bonchev–Trinajstić information content (AvgIpc) is 3.34. The van der Waals surface area contributed by atoms with E-state index >= 15 is 0 Å². The predicted molar refractivity (Wildman–Crippen MR) is 297 cm³/mol. The fraction of sp³-hybridized carbons (Fsp3) is 0.935. The molecule has 1 amide bonds. The van der Waals surface area contributed by atoms with Crippen LogP contribution in [0.5, 0.6) is 0 Å².